The number of carbonyl (C=O) groups is 1. The Morgan fingerprint density at radius 1 is 1.29 bits per heavy atom. The first-order valence-corrected chi connectivity index (χ1v) is 12.1. The molecule has 0 aromatic heterocycles. The maximum absolute atomic E-state index is 15.1. The Balaban J connectivity index is 1.65. The Hall–Kier alpha value is -1.91. The Morgan fingerprint density at radius 3 is 2.74 bits per heavy atom. The molecule has 1 aromatic carbocycles. The highest BCUT2D eigenvalue weighted by atomic mass is 19.1. The number of nitrogens with one attached hydrogen (secondary N) is 1. The summed E-state index contributed by atoms with van der Waals surface area (Å²) in [4.78, 5) is 14.8. The average Bonchev–Trinajstić information content (AvgIpc) is 3.15. The van der Waals surface area contributed by atoms with Crippen molar-refractivity contribution in [3.05, 3.63) is 40.5 Å². The molecular formula is C25H32F2N2O5. The van der Waals surface area contributed by atoms with Crippen LogP contribution in [-0.2, 0) is 26.5 Å². The summed E-state index contributed by atoms with van der Waals surface area (Å²) >= 11 is 0. The summed E-state index contributed by atoms with van der Waals surface area (Å²) in [6.07, 6.45) is 3.44. The summed E-state index contributed by atoms with van der Waals surface area (Å²) in [5, 5.41) is 22.9. The fraction of sp³-hybridized carbons (Fsp3) is 0.640. The number of aliphatic hydroxyl groups is 2. The summed E-state index contributed by atoms with van der Waals surface area (Å²) in [5.74, 6) is -1.54. The van der Waals surface area contributed by atoms with E-state index in [1.165, 1.54) is 6.92 Å². The Morgan fingerprint density at radius 2 is 2.06 bits per heavy atom. The van der Waals surface area contributed by atoms with E-state index in [-0.39, 0.29) is 54.7 Å². The Bertz CT molecular complexity index is 1030. The molecule has 5 rings (SSSR count). The van der Waals surface area contributed by atoms with Crippen LogP contribution in [0.1, 0.15) is 44.2 Å². The van der Waals surface area contributed by atoms with Crippen LogP contribution in [0.3, 0.4) is 0 Å². The standard InChI is InChI=1S/C25H32F2N2O5/c1-3-15-12-29-6-5-24-22-18(13-31)19(26)11-20(27)23(22)28-25(24,34-9-8-33-24)21(29)10-17(15)16(4-7-30)14(2)32/h4,11,15,17,21,28,30-31H,3,5-10,12-13H2,1-2H3/b16-4-/t15-,17+,21+,24+,25+/m1/s1. The second-order valence-corrected chi connectivity index (χ2v) is 9.78. The van der Waals surface area contributed by atoms with Gasteiger partial charge in [0.05, 0.1) is 38.2 Å². The lowest BCUT2D eigenvalue weighted by Gasteiger charge is -2.61. The number of Topliss-reactive ketones (excluding diaryl/α,β-unsaturated/α-hetero) is 1. The number of ketones is 1. The van der Waals surface area contributed by atoms with E-state index in [2.05, 4.69) is 17.1 Å². The second kappa shape index (κ2) is 8.64. The number of nitrogens with zero attached hydrogens (tertiary/aromatic N) is 1. The number of halogens is 2. The third kappa shape index (κ3) is 3.14. The van der Waals surface area contributed by atoms with Gasteiger partial charge in [-0.15, -0.1) is 0 Å². The van der Waals surface area contributed by atoms with Gasteiger partial charge in [-0.05, 0) is 37.2 Å². The zero-order valence-corrected chi connectivity index (χ0v) is 19.6. The number of carbonyl (C=O) groups excluding carboxylic acids is 1. The summed E-state index contributed by atoms with van der Waals surface area (Å²) in [5.41, 5.74) is -1.32. The molecule has 4 aliphatic rings. The van der Waals surface area contributed by atoms with Crippen molar-refractivity contribution in [2.24, 2.45) is 11.8 Å². The van der Waals surface area contributed by atoms with Gasteiger partial charge < -0.3 is 25.0 Å². The summed E-state index contributed by atoms with van der Waals surface area (Å²) < 4.78 is 42.7. The van der Waals surface area contributed by atoms with Gasteiger partial charge in [0.2, 0.25) is 0 Å². The van der Waals surface area contributed by atoms with E-state index in [9.17, 15) is 19.4 Å². The first-order chi connectivity index (χ1) is 16.3. The monoisotopic (exact) mass is 478 g/mol. The molecule has 4 aliphatic heterocycles. The van der Waals surface area contributed by atoms with Crippen LogP contribution in [0.5, 0.6) is 0 Å². The van der Waals surface area contributed by atoms with Crippen molar-refractivity contribution in [3.63, 3.8) is 0 Å². The van der Waals surface area contributed by atoms with E-state index in [4.69, 9.17) is 9.47 Å². The smallest absolute Gasteiger partial charge is 0.188 e. The zero-order valence-electron chi connectivity index (χ0n) is 19.6. The molecule has 0 saturated carbocycles. The van der Waals surface area contributed by atoms with Gasteiger partial charge in [-0.3, -0.25) is 9.69 Å². The molecule has 1 aromatic rings. The zero-order chi connectivity index (χ0) is 24.3. The number of fused-ring (bicyclic) bond motifs is 2. The molecule has 0 spiro atoms. The number of hydrogen-bond acceptors (Lipinski definition) is 7. The van der Waals surface area contributed by atoms with E-state index in [0.29, 0.717) is 37.1 Å². The number of ether oxygens (including phenoxy) is 2. The normalized spacial score (nSPS) is 35.1. The van der Waals surface area contributed by atoms with Crippen LogP contribution in [0, 0.1) is 23.5 Å². The van der Waals surface area contributed by atoms with E-state index >= 15 is 4.39 Å². The third-order valence-corrected chi connectivity index (χ3v) is 8.38. The van der Waals surface area contributed by atoms with Crippen molar-refractivity contribution in [1.29, 1.82) is 0 Å². The number of piperidine rings is 2. The maximum atomic E-state index is 15.1. The molecule has 0 bridgehead atoms. The first kappa shape index (κ1) is 23.8. The van der Waals surface area contributed by atoms with Gasteiger partial charge in [0.1, 0.15) is 17.2 Å². The number of rotatable bonds is 5. The number of anilines is 1. The SMILES string of the molecule is CC[C@@H]1CN2CC[C@@]34OCCO[C@@]3(Nc3c(F)cc(F)c(CO)c34)[C@@H]2C[C@@H]1/C(=C\CO)C(C)=O. The van der Waals surface area contributed by atoms with Crippen molar-refractivity contribution >= 4 is 11.5 Å². The number of hydrogen-bond donors (Lipinski definition) is 3. The van der Waals surface area contributed by atoms with E-state index in [0.717, 1.165) is 12.5 Å². The van der Waals surface area contributed by atoms with Gasteiger partial charge >= 0.3 is 0 Å². The number of benzene rings is 1. The fourth-order valence-electron chi connectivity index (χ4n) is 7.00. The van der Waals surface area contributed by atoms with Crippen LogP contribution in [-0.4, -0.2) is 65.6 Å². The van der Waals surface area contributed by atoms with Crippen LogP contribution >= 0.6 is 0 Å². The minimum Gasteiger partial charge on any atom is -0.392 e. The first-order valence-electron chi connectivity index (χ1n) is 12.1. The fourth-order valence-corrected chi connectivity index (χ4v) is 7.00. The highest BCUT2D eigenvalue weighted by Crippen LogP contribution is 2.61. The van der Waals surface area contributed by atoms with E-state index in [1.807, 2.05) is 0 Å². The van der Waals surface area contributed by atoms with Crippen molar-refractivity contribution in [2.75, 3.05) is 38.2 Å². The molecule has 3 saturated heterocycles. The summed E-state index contributed by atoms with van der Waals surface area (Å²) in [6.45, 7) is 4.69. The summed E-state index contributed by atoms with van der Waals surface area (Å²) in [6, 6.07) is 0.498. The molecule has 3 N–H and O–H groups in total. The molecule has 7 nitrogen and oxygen atoms in total. The van der Waals surface area contributed by atoms with Crippen molar-refractivity contribution in [2.45, 2.75) is 57.1 Å². The van der Waals surface area contributed by atoms with Crippen LogP contribution in [0.2, 0.25) is 0 Å². The minimum atomic E-state index is -1.19. The van der Waals surface area contributed by atoms with Crippen molar-refractivity contribution in [1.82, 2.24) is 4.90 Å². The van der Waals surface area contributed by atoms with Crippen molar-refractivity contribution < 1.29 is 33.3 Å². The highest BCUT2D eigenvalue weighted by molar-refractivity contribution is 5.93. The van der Waals surface area contributed by atoms with Gasteiger partial charge in [0.15, 0.2) is 11.5 Å². The van der Waals surface area contributed by atoms with Gasteiger partial charge in [-0.1, -0.05) is 19.4 Å². The molecule has 9 heteroatoms. The molecule has 0 radical (unpaired) electrons. The summed E-state index contributed by atoms with van der Waals surface area (Å²) in [7, 11) is 0. The molecule has 5 atom stereocenters. The van der Waals surface area contributed by atoms with E-state index in [1.54, 1.807) is 6.08 Å². The molecule has 0 amide bonds. The molecule has 0 unspecified atom stereocenters. The van der Waals surface area contributed by atoms with Gasteiger partial charge in [-0.25, -0.2) is 8.78 Å². The Labute approximate surface area is 197 Å². The molecule has 186 valence electrons. The third-order valence-electron chi connectivity index (χ3n) is 8.38. The second-order valence-electron chi connectivity index (χ2n) is 9.78. The predicted octanol–water partition coefficient (Wildman–Crippen LogP) is 2.45. The lowest BCUT2D eigenvalue weighted by molar-refractivity contribution is -0.297. The van der Waals surface area contributed by atoms with Gasteiger partial charge in [0, 0.05) is 30.3 Å². The van der Waals surface area contributed by atoms with Crippen LogP contribution in [0.4, 0.5) is 14.5 Å². The molecular weight excluding hydrogens is 446 g/mol. The van der Waals surface area contributed by atoms with E-state index < -0.39 is 29.6 Å². The maximum Gasteiger partial charge on any atom is 0.188 e. The topological polar surface area (TPSA) is 91.3 Å². The highest BCUT2D eigenvalue weighted by Gasteiger charge is 2.70. The van der Waals surface area contributed by atoms with Gasteiger partial charge in [-0.2, -0.15) is 0 Å². The van der Waals surface area contributed by atoms with Crippen LogP contribution < -0.4 is 5.32 Å². The Kier molecular flexibility index (Phi) is 6.05. The van der Waals surface area contributed by atoms with Crippen LogP contribution in [0.25, 0.3) is 0 Å². The average molecular weight is 479 g/mol. The number of allylic oxidation sites excluding steroid dienone is 1. The van der Waals surface area contributed by atoms with Crippen molar-refractivity contribution in [3.8, 4) is 0 Å². The lowest BCUT2D eigenvalue weighted by atomic mass is 9.66. The molecule has 4 heterocycles. The molecule has 34 heavy (non-hydrogen) atoms. The predicted molar refractivity (Wildman–Crippen MR) is 120 cm³/mol. The quantitative estimate of drug-likeness (QED) is 0.560. The number of aliphatic hydroxyl groups excluding tert-OH is 2. The van der Waals surface area contributed by atoms with Crippen LogP contribution in [0.15, 0.2) is 17.7 Å². The van der Waals surface area contributed by atoms with Gasteiger partial charge in [0.25, 0.3) is 0 Å². The largest absolute Gasteiger partial charge is 0.392 e. The lowest BCUT2D eigenvalue weighted by Crippen LogP contribution is -2.75. The minimum absolute atomic E-state index is 0.0214. The molecule has 0 aliphatic carbocycles. The molecule has 3 fully saturated rings.